The lowest BCUT2D eigenvalue weighted by atomic mass is 9.76. The van der Waals surface area contributed by atoms with Gasteiger partial charge in [-0.3, -0.25) is 14.3 Å². The zero-order valence-corrected chi connectivity index (χ0v) is 22.3. The fourth-order valence-electron chi connectivity index (χ4n) is 5.57. The van der Waals surface area contributed by atoms with Crippen molar-refractivity contribution in [3.8, 4) is 0 Å². The van der Waals surface area contributed by atoms with E-state index in [0.29, 0.717) is 24.0 Å². The average molecular weight is 514 g/mol. The van der Waals surface area contributed by atoms with Gasteiger partial charge >= 0.3 is 11.7 Å². The van der Waals surface area contributed by atoms with Crippen LogP contribution >= 0.6 is 0 Å². The minimum atomic E-state index is -0.588. The predicted octanol–water partition coefficient (Wildman–Crippen LogP) is 3.56. The van der Waals surface area contributed by atoms with E-state index in [1.807, 2.05) is 50.2 Å². The van der Waals surface area contributed by atoms with Gasteiger partial charge in [0, 0.05) is 57.0 Å². The number of aliphatic imine (C=N–C) groups is 1. The molecule has 8 heteroatoms. The molecule has 2 aliphatic heterocycles. The van der Waals surface area contributed by atoms with Gasteiger partial charge in [0.25, 0.3) is 0 Å². The van der Waals surface area contributed by atoms with Gasteiger partial charge in [-0.2, -0.15) is 4.98 Å². The maximum Gasteiger partial charge on any atom is 0.350 e. The molecular formula is C30H35N5O3. The van der Waals surface area contributed by atoms with E-state index in [1.54, 1.807) is 7.05 Å². The van der Waals surface area contributed by atoms with E-state index in [2.05, 4.69) is 39.0 Å². The first kappa shape index (κ1) is 25.9. The van der Waals surface area contributed by atoms with Gasteiger partial charge in [0.15, 0.2) is 0 Å². The van der Waals surface area contributed by atoms with Crippen molar-refractivity contribution >= 4 is 23.3 Å². The second-order valence-corrected chi connectivity index (χ2v) is 9.95. The number of hydrogen-bond acceptors (Lipinski definition) is 7. The molecule has 0 N–H and O–H groups in total. The number of fused-ring (bicyclic) bond motifs is 1. The third-order valence-electron chi connectivity index (χ3n) is 7.60. The minimum absolute atomic E-state index is 0.292. The normalized spacial score (nSPS) is 19.6. The maximum atomic E-state index is 13.3. The monoisotopic (exact) mass is 513 g/mol. The molecule has 2 aliphatic rings. The SMILES string of the molecule is CCOC(=O)C1C(C)=Nc2c(c(N3CCN(CCc4ccccc4)CC3)nc(=O)n2C)C1c1ccccc1. The number of esters is 1. The minimum Gasteiger partial charge on any atom is -0.465 e. The average Bonchev–Trinajstić information content (AvgIpc) is 2.95. The highest BCUT2D eigenvalue weighted by atomic mass is 16.5. The highest BCUT2D eigenvalue weighted by Crippen LogP contribution is 2.46. The highest BCUT2D eigenvalue weighted by molar-refractivity contribution is 6.05. The van der Waals surface area contributed by atoms with E-state index in [-0.39, 0.29) is 17.6 Å². The molecule has 198 valence electrons. The number of nitrogens with zero attached hydrogens (tertiary/aromatic N) is 5. The first-order chi connectivity index (χ1) is 18.5. The molecule has 3 heterocycles. The summed E-state index contributed by atoms with van der Waals surface area (Å²) in [5.74, 6) is -0.0503. The van der Waals surface area contributed by atoms with E-state index < -0.39 is 5.92 Å². The highest BCUT2D eigenvalue weighted by Gasteiger charge is 2.42. The maximum absolute atomic E-state index is 13.3. The largest absolute Gasteiger partial charge is 0.465 e. The fraction of sp³-hybridized carbons (Fsp3) is 0.400. The zero-order chi connectivity index (χ0) is 26.6. The van der Waals surface area contributed by atoms with Crippen molar-refractivity contribution in [3.05, 3.63) is 87.8 Å². The number of aromatic nitrogens is 2. The summed E-state index contributed by atoms with van der Waals surface area (Å²) < 4.78 is 7.00. The molecule has 8 nitrogen and oxygen atoms in total. The standard InChI is InChI=1S/C30H35N5O3/c1-4-38-29(36)24-21(2)31-27-26(25(24)23-13-9-6-10-14-23)28(32-30(37)33(27)3)35-19-17-34(18-20-35)16-15-22-11-7-5-8-12-22/h5-14,24-25H,4,15-20H2,1-3H3. The Balaban J connectivity index is 1.49. The third-order valence-corrected chi connectivity index (χ3v) is 7.60. The molecule has 0 bridgehead atoms. The summed E-state index contributed by atoms with van der Waals surface area (Å²) >= 11 is 0. The van der Waals surface area contributed by atoms with Crippen molar-refractivity contribution in [2.24, 2.45) is 18.0 Å². The molecule has 38 heavy (non-hydrogen) atoms. The van der Waals surface area contributed by atoms with E-state index in [0.717, 1.165) is 50.3 Å². The van der Waals surface area contributed by atoms with Crippen LogP contribution in [0.2, 0.25) is 0 Å². The number of ether oxygens (including phenoxy) is 1. The molecule has 0 radical (unpaired) electrons. The number of carbonyl (C=O) groups is 1. The van der Waals surface area contributed by atoms with Crippen LogP contribution in [0.15, 0.2) is 70.5 Å². The lowest BCUT2D eigenvalue weighted by molar-refractivity contribution is -0.146. The number of piperazine rings is 1. The van der Waals surface area contributed by atoms with Crippen LogP contribution in [0.4, 0.5) is 11.6 Å². The molecule has 0 aliphatic carbocycles. The Morgan fingerprint density at radius 2 is 1.66 bits per heavy atom. The van der Waals surface area contributed by atoms with Crippen LogP contribution in [0, 0.1) is 5.92 Å². The Bertz CT molecular complexity index is 1360. The number of carbonyl (C=O) groups excluding carboxylic acids is 1. The second-order valence-electron chi connectivity index (χ2n) is 9.95. The van der Waals surface area contributed by atoms with Crippen molar-refractivity contribution in [2.45, 2.75) is 26.2 Å². The van der Waals surface area contributed by atoms with Crippen molar-refractivity contribution < 1.29 is 9.53 Å². The Morgan fingerprint density at radius 3 is 2.32 bits per heavy atom. The molecular weight excluding hydrogens is 478 g/mol. The first-order valence-corrected chi connectivity index (χ1v) is 13.4. The van der Waals surface area contributed by atoms with Crippen LogP contribution in [-0.2, 0) is 23.0 Å². The molecule has 2 unspecified atom stereocenters. The van der Waals surface area contributed by atoms with Gasteiger partial charge in [0.1, 0.15) is 17.6 Å². The molecule has 0 saturated carbocycles. The Kier molecular flexibility index (Phi) is 7.69. The Morgan fingerprint density at radius 1 is 1.00 bits per heavy atom. The van der Waals surface area contributed by atoms with E-state index in [9.17, 15) is 9.59 Å². The summed E-state index contributed by atoms with van der Waals surface area (Å²) in [6, 6.07) is 20.5. The summed E-state index contributed by atoms with van der Waals surface area (Å²) in [7, 11) is 1.70. The molecule has 1 aromatic heterocycles. The summed E-state index contributed by atoms with van der Waals surface area (Å²) in [5, 5.41) is 0. The van der Waals surface area contributed by atoms with E-state index in [1.165, 1.54) is 10.1 Å². The number of anilines is 1. The summed E-state index contributed by atoms with van der Waals surface area (Å²) in [4.78, 5) is 40.3. The summed E-state index contributed by atoms with van der Waals surface area (Å²) in [6.45, 7) is 8.17. The van der Waals surface area contributed by atoms with Gasteiger partial charge in [0.2, 0.25) is 0 Å². The van der Waals surface area contributed by atoms with Crippen molar-refractivity contribution in [1.82, 2.24) is 14.5 Å². The van der Waals surface area contributed by atoms with Gasteiger partial charge in [0.05, 0.1) is 6.61 Å². The van der Waals surface area contributed by atoms with Crippen LogP contribution in [0.1, 0.15) is 36.5 Å². The van der Waals surface area contributed by atoms with Crippen LogP contribution < -0.4 is 10.6 Å². The summed E-state index contributed by atoms with van der Waals surface area (Å²) in [5.41, 5.74) is 3.43. The number of hydrogen-bond donors (Lipinski definition) is 0. The fourth-order valence-corrected chi connectivity index (χ4v) is 5.57. The van der Waals surface area contributed by atoms with Crippen molar-refractivity contribution in [2.75, 3.05) is 44.2 Å². The quantitative estimate of drug-likeness (QED) is 0.450. The lowest BCUT2D eigenvalue weighted by Gasteiger charge is -2.39. The Labute approximate surface area is 223 Å². The lowest BCUT2D eigenvalue weighted by Crippen LogP contribution is -2.48. The van der Waals surface area contributed by atoms with Gasteiger partial charge in [-0.1, -0.05) is 60.7 Å². The second kappa shape index (κ2) is 11.3. The molecule has 1 saturated heterocycles. The van der Waals surface area contributed by atoms with Crippen LogP contribution in [0.25, 0.3) is 0 Å². The first-order valence-electron chi connectivity index (χ1n) is 13.4. The van der Waals surface area contributed by atoms with Crippen molar-refractivity contribution in [3.63, 3.8) is 0 Å². The number of benzene rings is 2. The van der Waals surface area contributed by atoms with Crippen LogP contribution in [-0.4, -0.2) is 65.5 Å². The van der Waals surface area contributed by atoms with E-state index in [4.69, 9.17) is 9.73 Å². The molecule has 0 amide bonds. The van der Waals surface area contributed by atoms with Crippen LogP contribution in [0.5, 0.6) is 0 Å². The smallest absolute Gasteiger partial charge is 0.350 e. The molecule has 2 aromatic carbocycles. The topological polar surface area (TPSA) is 80.0 Å². The predicted molar refractivity (Wildman–Crippen MR) is 149 cm³/mol. The van der Waals surface area contributed by atoms with Gasteiger partial charge in [-0.15, -0.1) is 0 Å². The third kappa shape index (κ3) is 5.13. The van der Waals surface area contributed by atoms with Gasteiger partial charge < -0.3 is 9.64 Å². The Hall–Kier alpha value is -3.78. The molecule has 2 atom stereocenters. The number of rotatable bonds is 7. The van der Waals surface area contributed by atoms with Gasteiger partial charge in [-0.05, 0) is 31.4 Å². The molecule has 0 spiro atoms. The van der Waals surface area contributed by atoms with Crippen molar-refractivity contribution in [1.29, 1.82) is 0 Å². The van der Waals surface area contributed by atoms with Crippen LogP contribution in [0.3, 0.4) is 0 Å². The molecule has 3 aromatic rings. The molecule has 5 rings (SSSR count). The zero-order valence-electron chi connectivity index (χ0n) is 22.3. The van der Waals surface area contributed by atoms with Gasteiger partial charge in [-0.25, -0.2) is 9.79 Å². The van der Waals surface area contributed by atoms with E-state index >= 15 is 0 Å². The summed E-state index contributed by atoms with van der Waals surface area (Å²) in [6.07, 6.45) is 1.01. The molecule has 1 fully saturated rings.